The number of allylic oxidation sites excluding steroid dienone is 1. The van der Waals surface area contributed by atoms with E-state index in [2.05, 4.69) is 6.58 Å². The van der Waals surface area contributed by atoms with E-state index in [1.807, 2.05) is 0 Å². The van der Waals surface area contributed by atoms with E-state index in [4.69, 9.17) is 12.1 Å². The van der Waals surface area contributed by atoms with Crippen LogP contribution in [-0.2, 0) is 22.8 Å². The van der Waals surface area contributed by atoms with E-state index in [9.17, 15) is 0 Å². The number of aliphatic hydroxyl groups excluding tert-OH is 1. The third kappa shape index (κ3) is 475000. The molecule has 0 spiro atoms. The monoisotopic (exact) mass is 139 g/mol. The van der Waals surface area contributed by atoms with Crippen LogP contribution in [0.2, 0.25) is 0 Å². The van der Waals surface area contributed by atoms with Crippen molar-refractivity contribution < 1.29 is 31.6 Å². The molecule has 41 valence electrons. The van der Waals surface area contributed by atoms with Crippen LogP contribution in [0.3, 0.4) is 0 Å². The number of aliphatic hydroxyl groups is 1. The van der Waals surface area contributed by atoms with Crippen LogP contribution in [0.5, 0.6) is 0 Å². The zero-order valence-electron chi connectivity index (χ0n) is 4.01. The van der Waals surface area contributed by atoms with E-state index in [-0.39, 0.29) is 5.76 Å². The summed E-state index contributed by atoms with van der Waals surface area (Å²) in [6.07, 6.45) is 0. The molecular formula is C3H7O3Ti. The van der Waals surface area contributed by atoms with Gasteiger partial charge in [-0.3, -0.25) is 0 Å². The first kappa shape index (κ1) is 10.1. The molecule has 0 aliphatic carbocycles. The Kier molecular flexibility index (Phi) is 13.5. The minimum atomic E-state index is -1.75. The summed E-state index contributed by atoms with van der Waals surface area (Å²) in [7, 11) is 0. The molecule has 0 fully saturated rings. The third-order valence-corrected chi connectivity index (χ3v) is 0. The average molecular weight is 139 g/mol. The van der Waals surface area contributed by atoms with Crippen molar-refractivity contribution in [2.75, 3.05) is 0 Å². The van der Waals surface area contributed by atoms with Crippen LogP contribution in [-0.4, -0.2) is 8.79 Å². The molecule has 0 aliphatic heterocycles. The molecule has 0 amide bonds. The van der Waals surface area contributed by atoms with Gasteiger partial charge in [0, 0.05) is 0 Å². The summed E-state index contributed by atoms with van der Waals surface area (Å²) in [5.74, 6) is 0.167. The molecule has 0 rings (SSSR count). The van der Waals surface area contributed by atoms with Gasteiger partial charge in [0.15, 0.2) is 0 Å². The predicted octanol–water partition coefficient (Wildman–Crippen LogP) is 0.400. The summed E-state index contributed by atoms with van der Waals surface area (Å²) in [5.41, 5.74) is 0. The quantitative estimate of drug-likeness (QED) is 0.377. The van der Waals surface area contributed by atoms with E-state index >= 15 is 0 Å². The maximum atomic E-state index is 8.61. The first-order valence-electron chi connectivity index (χ1n) is 1.50. The second-order valence-corrected chi connectivity index (χ2v) is 1.11. The van der Waals surface area contributed by atoms with Crippen molar-refractivity contribution in [3.63, 3.8) is 0 Å². The molecule has 0 heterocycles. The zero-order chi connectivity index (χ0) is 6.28. The Bertz CT molecular complexity index is 57.2. The van der Waals surface area contributed by atoms with E-state index < -0.39 is 19.5 Å². The first-order valence-corrected chi connectivity index (χ1v) is 2.84. The van der Waals surface area contributed by atoms with Gasteiger partial charge >= 0.3 is 26.5 Å². The number of hydrogen-bond acceptors (Lipinski definition) is 2. The van der Waals surface area contributed by atoms with Crippen molar-refractivity contribution >= 4 is 0 Å². The van der Waals surface area contributed by atoms with E-state index in [0.29, 0.717) is 0 Å². The molecule has 0 aromatic heterocycles. The second-order valence-electron chi connectivity index (χ2n) is 0.827. The van der Waals surface area contributed by atoms with Crippen LogP contribution < -0.4 is 0 Å². The molecule has 0 aromatic rings. The fraction of sp³-hybridized carbons (Fsp3) is 0.333. The summed E-state index contributed by atoms with van der Waals surface area (Å²) in [6.45, 7) is 4.64. The minimum absolute atomic E-state index is 0.167. The van der Waals surface area contributed by atoms with Crippen molar-refractivity contribution in [1.82, 2.24) is 0 Å². The van der Waals surface area contributed by atoms with Crippen LogP contribution in [0.15, 0.2) is 12.3 Å². The number of rotatable bonds is 0. The maximum absolute atomic E-state index is 8.61. The molecule has 0 saturated heterocycles. The molecular weight excluding hydrogens is 132 g/mol. The second kappa shape index (κ2) is 9.38. The number of hydrogen-bond donors (Lipinski definition) is 2. The van der Waals surface area contributed by atoms with Crippen LogP contribution in [0.1, 0.15) is 6.92 Å². The van der Waals surface area contributed by atoms with Crippen LogP contribution >= 0.6 is 0 Å². The van der Waals surface area contributed by atoms with E-state index in [0.717, 1.165) is 0 Å². The molecule has 0 saturated carbocycles. The molecule has 0 aromatic carbocycles. The van der Waals surface area contributed by atoms with Gasteiger partial charge in [-0.05, 0) is 6.92 Å². The van der Waals surface area contributed by atoms with Crippen molar-refractivity contribution in [3.05, 3.63) is 12.3 Å². The van der Waals surface area contributed by atoms with Crippen LogP contribution in [0, 0.1) is 0 Å². The third-order valence-electron chi connectivity index (χ3n) is 0. The Hall–Kier alpha value is 0.0143. The summed E-state index contributed by atoms with van der Waals surface area (Å²) in [6, 6.07) is 0. The van der Waals surface area contributed by atoms with Gasteiger partial charge in [0.1, 0.15) is 0 Å². The summed E-state index contributed by atoms with van der Waals surface area (Å²) >= 11 is -1.75. The molecule has 0 bridgehead atoms. The molecule has 0 unspecified atom stereocenters. The molecule has 2 N–H and O–H groups in total. The van der Waals surface area contributed by atoms with Crippen molar-refractivity contribution in [1.29, 1.82) is 0 Å². The van der Waals surface area contributed by atoms with Crippen molar-refractivity contribution in [2.45, 2.75) is 6.92 Å². The summed E-state index contributed by atoms with van der Waals surface area (Å²) in [5, 5.41) is 7.86. The van der Waals surface area contributed by atoms with Crippen LogP contribution in [0.4, 0.5) is 0 Å². The van der Waals surface area contributed by atoms with Gasteiger partial charge in [0.25, 0.3) is 0 Å². The summed E-state index contributed by atoms with van der Waals surface area (Å²) in [4.78, 5) is 0. The predicted molar refractivity (Wildman–Crippen MR) is 20.3 cm³/mol. The Labute approximate surface area is 51.4 Å². The Balaban J connectivity index is 0. The Morgan fingerprint density at radius 1 is 1.86 bits per heavy atom. The molecule has 3 nitrogen and oxygen atoms in total. The SMILES string of the molecule is C=C(C)O.[O]=[Ti][OH]. The topological polar surface area (TPSA) is 57.5 Å². The molecule has 0 aliphatic rings. The average Bonchev–Trinajstić information content (AvgIpc) is 1.33. The molecule has 0 radical (unpaired) electrons. The Morgan fingerprint density at radius 3 is 1.86 bits per heavy atom. The van der Waals surface area contributed by atoms with Gasteiger partial charge in [-0.2, -0.15) is 0 Å². The van der Waals surface area contributed by atoms with Gasteiger partial charge in [-0.15, -0.1) is 0 Å². The Morgan fingerprint density at radius 2 is 1.86 bits per heavy atom. The molecule has 4 heteroatoms. The van der Waals surface area contributed by atoms with E-state index in [1.54, 1.807) is 0 Å². The molecule has 7 heavy (non-hydrogen) atoms. The van der Waals surface area contributed by atoms with Crippen molar-refractivity contribution in [3.8, 4) is 0 Å². The van der Waals surface area contributed by atoms with E-state index in [1.165, 1.54) is 6.92 Å². The van der Waals surface area contributed by atoms with Gasteiger partial charge < -0.3 is 5.11 Å². The van der Waals surface area contributed by atoms with Gasteiger partial charge in [-0.1, -0.05) is 6.58 Å². The zero-order valence-corrected chi connectivity index (χ0v) is 5.57. The van der Waals surface area contributed by atoms with Crippen molar-refractivity contribution in [2.24, 2.45) is 0 Å². The fourth-order valence-corrected chi connectivity index (χ4v) is 0. The fourth-order valence-electron chi connectivity index (χ4n) is 0. The normalized spacial score (nSPS) is 4.86. The van der Waals surface area contributed by atoms with Crippen LogP contribution in [0.25, 0.3) is 0 Å². The molecule has 0 atom stereocenters. The summed E-state index contributed by atoms with van der Waals surface area (Å²) < 4.78 is 15.8. The standard InChI is InChI=1S/C3H6O.H2O.O.Ti/c1-3(2)4;;;/h4H,1H2,2H3;1H2;;/q;;;+1/p-1. The first-order chi connectivity index (χ1) is 3.15. The van der Waals surface area contributed by atoms with Gasteiger partial charge in [0.2, 0.25) is 0 Å². The van der Waals surface area contributed by atoms with Gasteiger partial charge in [0.05, 0.1) is 5.76 Å². The van der Waals surface area contributed by atoms with Gasteiger partial charge in [-0.25, -0.2) is 0 Å².